The molecule has 0 radical (unpaired) electrons. The zero-order chi connectivity index (χ0) is 16.0. The quantitative estimate of drug-likeness (QED) is 0.895. The summed E-state index contributed by atoms with van der Waals surface area (Å²) in [6.07, 6.45) is 2.37. The maximum atomic E-state index is 13.4. The number of ether oxygens (including phenoxy) is 1. The van der Waals surface area contributed by atoms with Crippen LogP contribution >= 0.6 is 0 Å². The average molecular weight is 295 g/mol. The van der Waals surface area contributed by atoms with Crippen molar-refractivity contribution in [3.05, 3.63) is 41.2 Å². The zero-order valence-electron chi connectivity index (χ0n) is 12.1. The summed E-state index contributed by atoms with van der Waals surface area (Å²) in [7, 11) is 0. The fraction of sp³-hybridized carbons (Fsp3) is 0.333. The van der Waals surface area contributed by atoms with E-state index < -0.39 is 29.0 Å². The highest BCUT2D eigenvalue weighted by Crippen LogP contribution is 2.15. The van der Waals surface area contributed by atoms with E-state index in [-0.39, 0.29) is 12.1 Å². The Labute approximate surface area is 122 Å². The summed E-state index contributed by atoms with van der Waals surface area (Å²) in [6.45, 7) is 5.38. The first kappa shape index (κ1) is 16.7. The van der Waals surface area contributed by atoms with E-state index in [1.165, 1.54) is 24.3 Å². The monoisotopic (exact) mass is 295 g/mol. The van der Waals surface area contributed by atoms with Crippen LogP contribution in [-0.4, -0.2) is 29.3 Å². The van der Waals surface area contributed by atoms with Crippen molar-refractivity contribution in [2.24, 2.45) is 0 Å². The third kappa shape index (κ3) is 5.64. The van der Waals surface area contributed by atoms with Crippen LogP contribution in [0, 0.1) is 5.82 Å². The average Bonchev–Trinajstić information content (AvgIpc) is 2.32. The van der Waals surface area contributed by atoms with E-state index in [1.54, 1.807) is 20.8 Å². The molecular weight excluding hydrogens is 277 g/mol. The number of aromatic carboxylic acids is 1. The highest BCUT2D eigenvalue weighted by atomic mass is 19.1. The van der Waals surface area contributed by atoms with Crippen LogP contribution in [0.4, 0.5) is 9.18 Å². The molecular formula is C15H18FNO4. The second-order valence-electron chi connectivity index (χ2n) is 5.29. The number of carboxylic acids is 1. The van der Waals surface area contributed by atoms with Gasteiger partial charge in [0.1, 0.15) is 17.0 Å². The number of carbonyl (C=O) groups is 2. The summed E-state index contributed by atoms with van der Waals surface area (Å²) in [5.41, 5.74) is -0.758. The molecule has 0 aromatic heterocycles. The van der Waals surface area contributed by atoms with Gasteiger partial charge in [-0.15, -0.1) is 0 Å². The lowest BCUT2D eigenvalue weighted by Gasteiger charge is -2.19. The number of hydrogen-bond donors (Lipinski definition) is 2. The summed E-state index contributed by atoms with van der Waals surface area (Å²) < 4.78 is 18.5. The Morgan fingerprint density at radius 2 is 2.05 bits per heavy atom. The van der Waals surface area contributed by atoms with Gasteiger partial charge in [-0.1, -0.05) is 24.3 Å². The molecule has 0 heterocycles. The van der Waals surface area contributed by atoms with Crippen molar-refractivity contribution in [1.82, 2.24) is 5.32 Å². The van der Waals surface area contributed by atoms with Crippen molar-refractivity contribution in [3.8, 4) is 0 Å². The van der Waals surface area contributed by atoms with Gasteiger partial charge in [-0.25, -0.2) is 14.0 Å². The number of amides is 1. The number of carbonyl (C=O) groups excluding carboxylic acids is 1. The molecule has 0 bridgehead atoms. The minimum Gasteiger partial charge on any atom is -0.478 e. The lowest BCUT2D eigenvalue weighted by atomic mass is 10.1. The van der Waals surface area contributed by atoms with Crippen LogP contribution in [0.1, 0.15) is 36.7 Å². The predicted octanol–water partition coefficient (Wildman–Crippen LogP) is 3.06. The summed E-state index contributed by atoms with van der Waals surface area (Å²) in [5.74, 6) is -2.14. The van der Waals surface area contributed by atoms with Crippen molar-refractivity contribution in [2.75, 3.05) is 6.54 Å². The van der Waals surface area contributed by atoms with Gasteiger partial charge in [0.05, 0.1) is 0 Å². The molecule has 6 heteroatoms. The zero-order valence-corrected chi connectivity index (χ0v) is 12.1. The highest BCUT2D eigenvalue weighted by molar-refractivity contribution is 5.92. The highest BCUT2D eigenvalue weighted by Gasteiger charge is 2.15. The number of nitrogens with one attached hydrogen (secondary N) is 1. The maximum absolute atomic E-state index is 13.4. The molecule has 0 saturated carbocycles. The van der Waals surface area contributed by atoms with Gasteiger partial charge in [-0.05, 0) is 32.4 Å². The Morgan fingerprint density at radius 1 is 1.38 bits per heavy atom. The van der Waals surface area contributed by atoms with Gasteiger partial charge in [0.15, 0.2) is 0 Å². The molecule has 1 aromatic rings. The number of alkyl carbamates (subject to hydrolysis) is 1. The number of carboxylic acid groups (broad SMARTS) is 1. The molecule has 0 unspecified atom stereocenters. The Morgan fingerprint density at radius 3 is 2.62 bits per heavy atom. The normalized spacial score (nSPS) is 11.4. The minimum absolute atomic E-state index is 0.143. The van der Waals surface area contributed by atoms with Crippen molar-refractivity contribution < 1.29 is 23.8 Å². The molecule has 0 spiro atoms. The van der Waals surface area contributed by atoms with Crippen LogP contribution < -0.4 is 5.32 Å². The summed E-state index contributed by atoms with van der Waals surface area (Å²) in [4.78, 5) is 22.4. The molecule has 114 valence electrons. The molecule has 0 aliphatic heterocycles. The first-order valence-electron chi connectivity index (χ1n) is 6.36. The van der Waals surface area contributed by atoms with E-state index in [9.17, 15) is 14.0 Å². The topological polar surface area (TPSA) is 75.6 Å². The van der Waals surface area contributed by atoms with Crippen molar-refractivity contribution >= 4 is 18.1 Å². The lowest BCUT2D eigenvalue weighted by Crippen LogP contribution is -2.32. The van der Waals surface area contributed by atoms with Gasteiger partial charge in [-0.2, -0.15) is 0 Å². The van der Waals surface area contributed by atoms with Gasteiger partial charge in [0.2, 0.25) is 0 Å². The third-order valence-electron chi connectivity index (χ3n) is 2.32. The molecule has 5 nitrogen and oxygen atoms in total. The van der Waals surface area contributed by atoms with Crippen LogP contribution in [0.3, 0.4) is 0 Å². The molecule has 0 atom stereocenters. The molecule has 0 saturated heterocycles. The third-order valence-corrected chi connectivity index (χ3v) is 2.32. The van der Waals surface area contributed by atoms with E-state index in [1.807, 2.05) is 0 Å². The van der Waals surface area contributed by atoms with E-state index in [0.717, 1.165) is 6.07 Å². The maximum Gasteiger partial charge on any atom is 0.407 e. The lowest BCUT2D eigenvalue weighted by molar-refractivity contribution is 0.0533. The largest absolute Gasteiger partial charge is 0.478 e. The van der Waals surface area contributed by atoms with Crippen molar-refractivity contribution in [2.45, 2.75) is 26.4 Å². The van der Waals surface area contributed by atoms with Crippen LogP contribution in [0.5, 0.6) is 0 Å². The van der Waals surface area contributed by atoms with Gasteiger partial charge < -0.3 is 15.2 Å². The van der Waals surface area contributed by atoms with Crippen molar-refractivity contribution in [3.63, 3.8) is 0 Å². The fourth-order valence-corrected chi connectivity index (χ4v) is 1.55. The number of hydrogen-bond acceptors (Lipinski definition) is 3. The van der Waals surface area contributed by atoms with Crippen LogP contribution in [0.25, 0.3) is 6.08 Å². The molecule has 1 aromatic carbocycles. The molecule has 21 heavy (non-hydrogen) atoms. The number of rotatable bonds is 4. The van der Waals surface area contributed by atoms with Gasteiger partial charge in [0.25, 0.3) is 0 Å². The Bertz CT molecular complexity index is 561. The predicted molar refractivity (Wildman–Crippen MR) is 76.6 cm³/mol. The Hall–Kier alpha value is -2.37. The van der Waals surface area contributed by atoms with Gasteiger partial charge in [-0.3, -0.25) is 0 Å². The van der Waals surface area contributed by atoms with Crippen LogP contribution in [-0.2, 0) is 4.74 Å². The first-order valence-corrected chi connectivity index (χ1v) is 6.36. The number of halogens is 1. The fourth-order valence-electron chi connectivity index (χ4n) is 1.55. The van der Waals surface area contributed by atoms with Gasteiger partial charge >= 0.3 is 12.1 Å². The molecule has 0 fully saturated rings. The SMILES string of the molecule is CC(C)(C)OC(=O)NCC=Cc1cccc(F)c1C(=O)O. The summed E-state index contributed by atoms with van der Waals surface area (Å²) in [5, 5.41) is 11.4. The molecule has 1 rings (SSSR count). The Balaban J connectivity index is 2.65. The minimum atomic E-state index is -1.34. The van der Waals surface area contributed by atoms with E-state index >= 15 is 0 Å². The summed E-state index contributed by atoms with van der Waals surface area (Å²) in [6, 6.07) is 3.99. The van der Waals surface area contributed by atoms with E-state index in [4.69, 9.17) is 9.84 Å². The van der Waals surface area contributed by atoms with E-state index in [2.05, 4.69) is 5.32 Å². The summed E-state index contributed by atoms with van der Waals surface area (Å²) >= 11 is 0. The smallest absolute Gasteiger partial charge is 0.407 e. The molecule has 0 aliphatic rings. The molecule has 1 amide bonds. The second kappa shape index (κ2) is 6.88. The van der Waals surface area contributed by atoms with Crippen LogP contribution in [0.15, 0.2) is 24.3 Å². The van der Waals surface area contributed by atoms with Crippen LogP contribution in [0.2, 0.25) is 0 Å². The van der Waals surface area contributed by atoms with Gasteiger partial charge in [0, 0.05) is 6.54 Å². The standard InChI is InChI=1S/C15H18FNO4/c1-15(2,3)21-14(20)17-9-5-7-10-6-4-8-11(16)12(10)13(18)19/h4-8H,9H2,1-3H3,(H,17,20)(H,18,19). The van der Waals surface area contributed by atoms with Crippen molar-refractivity contribution in [1.29, 1.82) is 0 Å². The molecule has 0 aliphatic carbocycles. The Kier molecular flexibility index (Phi) is 5.46. The van der Waals surface area contributed by atoms with E-state index in [0.29, 0.717) is 0 Å². The number of benzene rings is 1. The first-order chi connectivity index (χ1) is 9.70. The molecule has 2 N–H and O–H groups in total. The second-order valence-corrected chi connectivity index (χ2v) is 5.29.